The van der Waals surface area contributed by atoms with E-state index in [1.165, 1.54) is 0 Å². The van der Waals surface area contributed by atoms with Crippen LogP contribution in [0, 0.1) is 0 Å². The summed E-state index contributed by atoms with van der Waals surface area (Å²) in [6.07, 6.45) is -9.39. The molecular formula is C30H28F6. The molecule has 0 saturated carbocycles. The maximum Gasteiger partial charge on any atom is 0.416 e. The van der Waals surface area contributed by atoms with Crippen molar-refractivity contribution < 1.29 is 26.3 Å². The van der Waals surface area contributed by atoms with Crippen LogP contribution in [-0.4, -0.2) is 0 Å². The van der Waals surface area contributed by atoms with Gasteiger partial charge in [0.2, 0.25) is 0 Å². The first kappa shape index (κ1) is 26.1. The molecule has 0 atom stereocenters. The number of benzene rings is 4. The van der Waals surface area contributed by atoms with E-state index in [-0.39, 0.29) is 22.3 Å². The van der Waals surface area contributed by atoms with Crippen molar-refractivity contribution in [2.45, 2.75) is 64.7 Å². The number of fused-ring (bicyclic) bond motifs is 2. The Kier molecular flexibility index (Phi) is 5.97. The number of halogens is 6. The first-order valence-corrected chi connectivity index (χ1v) is 11.7. The number of hydrogen-bond donors (Lipinski definition) is 0. The van der Waals surface area contributed by atoms with Gasteiger partial charge in [-0.05, 0) is 66.8 Å². The molecule has 0 aliphatic rings. The van der Waals surface area contributed by atoms with E-state index >= 15 is 0 Å². The molecule has 0 aliphatic carbocycles. The van der Waals surface area contributed by atoms with Gasteiger partial charge in [-0.1, -0.05) is 90.1 Å². The molecule has 0 amide bonds. The van der Waals surface area contributed by atoms with Gasteiger partial charge in [-0.25, -0.2) is 0 Å². The molecule has 0 unspecified atom stereocenters. The molecule has 4 aromatic rings. The summed E-state index contributed by atoms with van der Waals surface area (Å²) in [7, 11) is 0. The fourth-order valence-corrected chi connectivity index (χ4v) is 5.22. The molecule has 0 aliphatic heterocycles. The smallest absolute Gasteiger partial charge is 0.166 e. The summed E-state index contributed by atoms with van der Waals surface area (Å²) in [5.74, 6) is 0. The molecule has 0 bridgehead atoms. The Morgan fingerprint density at radius 2 is 0.778 bits per heavy atom. The van der Waals surface area contributed by atoms with Crippen molar-refractivity contribution in [2.75, 3.05) is 0 Å². The summed E-state index contributed by atoms with van der Waals surface area (Å²) in [4.78, 5) is 0. The molecule has 0 saturated heterocycles. The van der Waals surface area contributed by atoms with Gasteiger partial charge >= 0.3 is 12.4 Å². The zero-order chi connectivity index (χ0) is 26.8. The highest BCUT2D eigenvalue weighted by atomic mass is 19.4. The van der Waals surface area contributed by atoms with Crippen LogP contribution in [0.5, 0.6) is 0 Å². The summed E-state index contributed by atoms with van der Waals surface area (Å²) < 4.78 is 87.2. The summed E-state index contributed by atoms with van der Waals surface area (Å²) in [6, 6.07) is 15.5. The minimum atomic E-state index is -4.69. The Labute approximate surface area is 206 Å². The molecule has 0 spiro atoms. The third-order valence-corrected chi connectivity index (χ3v) is 6.46. The largest absolute Gasteiger partial charge is 0.416 e. The second kappa shape index (κ2) is 8.25. The third-order valence-electron chi connectivity index (χ3n) is 6.46. The van der Waals surface area contributed by atoms with Gasteiger partial charge in [-0.3, -0.25) is 0 Å². The first-order chi connectivity index (χ1) is 16.4. The van der Waals surface area contributed by atoms with E-state index in [1.807, 2.05) is 0 Å². The molecule has 0 aromatic heterocycles. The van der Waals surface area contributed by atoms with E-state index in [1.54, 1.807) is 90.1 Å². The second-order valence-corrected chi connectivity index (χ2v) is 11.3. The Balaban J connectivity index is 2.44. The molecule has 4 aromatic carbocycles. The van der Waals surface area contributed by atoms with E-state index < -0.39 is 34.3 Å². The number of rotatable bonds is 1. The average molecular weight is 503 g/mol. The lowest BCUT2D eigenvalue weighted by molar-refractivity contribution is -0.139. The van der Waals surface area contributed by atoms with Crippen molar-refractivity contribution in [3.63, 3.8) is 0 Å². The van der Waals surface area contributed by atoms with Gasteiger partial charge in [0.25, 0.3) is 0 Å². The van der Waals surface area contributed by atoms with Crippen LogP contribution in [-0.2, 0) is 23.2 Å². The zero-order valence-electron chi connectivity index (χ0n) is 21.0. The van der Waals surface area contributed by atoms with E-state index in [9.17, 15) is 26.3 Å². The van der Waals surface area contributed by atoms with Crippen LogP contribution in [0.15, 0.2) is 60.7 Å². The summed E-state index contributed by atoms with van der Waals surface area (Å²) in [5, 5.41) is 1.64. The van der Waals surface area contributed by atoms with Gasteiger partial charge < -0.3 is 0 Å². The van der Waals surface area contributed by atoms with E-state index in [0.717, 1.165) is 12.1 Å². The van der Waals surface area contributed by atoms with Crippen molar-refractivity contribution >= 4 is 21.5 Å². The molecule has 0 heterocycles. The first-order valence-electron chi connectivity index (χ1n) is 11.7. The molecule has 0 N–H and O–H groups in total. The quantitative estimate of drug-likeness (QED) is 0.227. The molecule has 6 heteroatoms. The molecular weight excluding hydrogens is 474 g/mol. The minimum Gasteiger partial charge on any atom is -0.166 e. The van der Waals surface area contributed by atoms with Crippen molar-refractivity contribution in [1.82, 2.24) is 0 Å². The van der Waals surface area contributed by atoms with Crippen molar-refractivity contribution in [3.8, 4) is 11.1 Å². The van der Waals surface area contributed by atoms with Crippen LogP contribution >= 0.6 is 0 Å². The van der Waals surface area contributed by atoms with Crippen LogP contribution in [0.3, 0.4) is 0 Å². The van der Waals surface area contributed by atoms with Crippen molar-refractivity contribution in [1.29, 1.82) is 0 Å². The topological polar surface area (TPSA) is 0 Å². The van der Waals surface area contributed by atoms with Crippen LogP contribution in [0.1, 0.15) is 63.8 Å². The van der Waals surface area contributed by atoms with Crippen LogP contribution in [0.4, 0.5) is 26.3 Å². The number of hydrogen-bond acceptors (Lipinski definition) is 0. The zero-order valence-corrected chi connectivity index (χ0v) is 21.0. The Hall–Kier alpha value is -3.02. The Morgan fingerprint density at radius 3 is 1.06 bits per heavy atom. The van der Waals surface area contributed by atoms with Gasteiger partial charge in [0.15, 0.2) is 0 Å². The maximum absolute atomic E-state index is 14.5. The van der Waals surface area contributed by atoms with Crippen LogP contribution in [0.25, 0.3) is 32.7 Å². The SMILES string of the molecule is CC(C)(C)c1c(C(F)(F)F)cc2ccccc2c1-c1c(C(C)(C)C)c(C(F)(F)F)cc2ccccc12. The third kappa shape index (κ3) is 4.46. The second-order valence-electron chi connectivity index (χ2n) is 11.3. The molecule has 0 nitrogen and oxygen atoms in total. The number of alkyl halides is 6. The molecule has 0 radical (unpaired) electrons. The van der Waals surface area contributed by atoms with Gasteiger partial charge in [0, 0.05) is 0 Å². The Bertz CT molecular complexity index is 1350. The highest BCUT2D eigenvalue weighted by Crippen LogP contribution is 2.52. The van der Waals surface area contributed by atoms with Gasteiger partial charge in [0.1, 0.15) is 0 Å². The predicted octanol–water partition coefficient (Wildman–Crippen LogP) is 10.3. The lowest BCUT2D eigenvalue weighted by atomic mass is 9.71. The highest BCUT2D eigenvalue weighted by Gasteiger charge is 2.42. The maximum atomic E-state index is 14.5. The summed E-state index contributed by atoms with van der Waals surface area (Å²) >= 11 is 0. The molecule has 4 rings (SSSR count). The minimum absolute atomic E-state index is 0.0105. The predicted molar refractivity (Wildman–Crippen MR) is 134 cm³/mol. The molecule has 190 valence electrons. The fourth-order valence-electron chi connectivity index (χ4n) is 5.22. The van der Waals surface area contributed by atoms with Crippen LogP contribution in [0.2, 0.25) is 0 Å². The van der Waals surface area contributed by atoms with Crippen LogP contribution < -0.4 is 0 Å². The monoisotopic (exact) mass is 502 g/mol. The fraction of sp³-hybridized carbons (Fsp3) is 0.333. The van der Waals surface area contributed by atoms with Gasteiger partial charge in [-0.2, -0.15) is 26.3 Å². The van der Waals surface area contributed by atoms with Crippen molar-refractivity contribution in [3.05, 3.63) is 82.9 Å². The standard InChI is InChI=1S/C30H28F6/c1-27(2,3)25-21(29(31,32)33)15-17-11-7-9-13-19(17)23(25)24-20-14-10-8-12-18(20)16-22(30(34,35)36)26(24)28(4,5)6/h7-16H,1-6H3. The summed E-state index contributed by atoms with van der Waals surface area (Å²) in [6.45, 7) is 10.0. The highest BCUT2D eigenvalue weighted by molar-refractivity contribution is 6.09. The van der Waals surface area contributed by atoms with Gasteiger partial charge in [-0.15, -0.1) is 0 Å². The summed E-state index contributed by atoms with van der Waals surface area (Å²) in [5.41, 5.74) is -3.30. The Morgan fingerprint density at radius 1 is 0.472 bits per heavy atom. The van der Waals surface area contributed by atoms with Gasteiger partial charge in [0.05, 0.1) is 11.1 Å². The lowest BCUT2D eigenvalue weighted by Gasteiger charge is -2.34. The van der Waals surface area contributed by atoms with Crippen molar-refractivity contribution in [2.24, 2.45) is 0 Å². The average Bonchev–Trinajstić information content (AvgIpc) is 2.74. The van der Waals surface area contributed by atoms with E-state index in [2.05, 4.69) is 0 Å². The molecule has 36 heavy (non-hydrogen) atoms. The lowest BCUT2D eigenvalue weighted by Crippen LogP contribution is -2.24. The van der Waals surface area contributed by atoms with E-state index in [0.29, 0.717) is 21.5 Å². The van der Waals surface area contributed by atoms with E-state index in [4.69, 9.17) is 0 Å². The normalized spacial score (nSPS) is 13.6. The molecule has 0 fully saturated rings.